The summed E-state index contributed by atoms with van der Waals surface area (Å²) in [5, 5.41) is 8.89. The van der Waals surface area contributed by atoms with Gasteiger partial charge in [0.25, 0.3) is 5.91 Å². The Morgan fingerprint density at radius 1 is 1.17 bits per heavy atom. The molecule has 0 atom stereocenters. The third-order valence-electron chi connectivity index (χ3n) is 3.30. The van der Waals surface area contributed by atoms with Crippen LogP contribution in [0.2, 0.25) is 0 Å². The Balaban J connectivity index is 1.90. The molecule has 0 aliphatic rings. The summed E-state index contributed by atoms with van der Waals surface area (Å²) in [4.78, 5) is 32.9. The van der Waals surface area contributed by atoms with E-state index in [1.54, 1.807) is 13.1 Å². The zero-order chi connectivity index (χ0) is 16.6. The molecule has 8 heteroatoms. The zero-order valence-corrected chi connectivity index (χ0v) is 13.6. The third-order valence-corrected chi connectivity index (χ3v) is 4.44. The smallest absolute Gasteiger partial charge is 0.335 e. The summed E-state index contributed by atoms with van der Waals surface area (Å²) in [6.07, 6.45) is 0. The van der Waals surface area contributed by atoms with E-state index >= 15 is 0 Å². The normalized spacial score (nSPS) is 10.7. The number of aromatic amines is 1. The molecule has 1 amide bonds. The number of hydrogen-bond donors (Lipinski definition) is 2. The average molecular weight is 345 g/mol. The van der Waals surface area contributed by atoms with Gasteiger partial charge in [-0.1, -0.05) is 11.3 Å². The fourth-order valence-electron chi connectivity index (χ4n) is 2.07. The van der Waals surface area contributed by atoms with Crippen molar-refractivity contribution in [2.45, 2.75) is 0 Å². The molecule has 0 radical (unpaired) electrons. The first kappa shape index (κ1) is 15.3. The van der Waals surface area contributed by atoms with Crippen molar-refractivity contribution in [1.29, 1.82) is 0 Å². The Morgan fingerprint density at radius 2 is 1.83 bits per heavy atom. The van der Waals surface area contributed by atoms with Gasteiger partial charge in [0.05, 0.1) is 11.1 Å². The van der Waals surface area contributed by atoms with E-state index in [4.69, 9.17) is 17.3 Å². The largest absolute Gasteiger partial charge is 0.478 e. The molecule has 0 bridgehead atoms. The number of nitrogens with one attached hydrogen (secondary N) is 1. The molecule has 3 aromatic rings. The number of pyridine rings is 1. The quantitative estimate of drug-likeness (QED) is 0.711. The number of fused-ring (bicyclic) bond motifs is 1. The molecule has 2 aromatic heterocycles. The first-order valence-corrected chi connectivity index (χ1v) is 7.79. The maximum Gasteiger partial charge on any atom is 0.335 e. The molecule has 0 aliphatic heterocycles. The summed E-state index contributed by atoms with van der Waals surface area (Å²) in [6, 6.07) is 9.32. The Bertz CT molecular complexity index is 960. The number of carboxylic acids is 1. The summed E-state index contributed by atoms with van der Waals surface area (Å²) in [6.45, 7) is 0. The van der Waals surface area contributed by atoms with Gasteiger partial charge >= 0.3 is 5.97 Å². The minimum atomic E-state index is -1.03. The second-order valence-electron chi connectivity index (χ2n) is 4.78. The monoisotopic (exact) mass is 345 g/mol. The van der Waals surface area contributed by atoms with E-state index in [1.165, 1.54) is 40.5 Å². The number of carbonyl (C=O) groups excluding carboxylic acids is 1. The van der Waals surface area contributed by atoms with Crippen LogP contribution < -0.4 is 4.90 Å². The molecular weight excluding hydrogens is 334 g/mol. The molecule has 0 saturated carbocycles. The van der Waals surface area contributed by atoms with Crippen molar-refractivity contribution in [3.63, 3.8) is 0 Å². The van der Waals surface area contributed by atoms with Gasteiger partial charge in [-0.25, -0.2) is 9.78 Å². The maximum absolute atomic E-state index is 12.5. The zero-order valence-electron chi connectivity index (χ0n) is 11.9. The lowest BCUT2D eigenvalue weighted by Gasteiger charge is -2.16. The molecule has 2 N–H and O–H groups in total. The van der Waals surface area contributed by atoms with Gasteiger partial charge < -0.3 is 10.1 Å². The molecule has 2 heterocycles. The number of H-pyrrole nitrogens is 1. The highest BCUT2D eigenvalue weighted by Crippen LogP contribution is 2.22. The number of aromatic nitrogens is 2. The van der Waals surface area contributed by atoms with E-state index in [1.807, 2.05) is 6.07 Å². The Kier molecular flexibility index (Phi) is 3.93. The summed E-state index contributed by atoms with van der Waals surface area (Å²) in [7, 11) is 1.62. The molecular formula is C15H11N3O3S2. The Hall–Kier alpha value is -2.58. The predicted octanol–water partition coefficient (Wildman–Crippen LogP) is 3.33. The number of benzene rings is 1. The van der Waals surface area contributed by atoms with Crippen LogP contribution in [0.15, 0.2) is 36.4 Å². The second-order valence-corrected chi connectivity index (χ2v) is 6.45. The van der Waals surface area contributed by atoms with E-state index in [0.29, 0.717) is 15.3 Å². The van der Waals surface area contributed by atoms with Gasteiger partial charge in [-0.2, -0.15) is 0 Å². The topological polar surface area (TPSA) is 86.3 Å². The van der Waals surface area contributed by atoms with Crippen LogP contribution in [-0.4, -0.2) is 34.0 Å². The number of carbonyl (C=O) groups is 2. The lowest BCUT2D eigenvalue weighted by Crippen LogP contribution is -2.27. The van der Waals surface area contributed by atoms with Gasteiger partial charge in [-0.15, -0.1) is 0 Å². The number of hydrogen-bond acceptors (Lipinski definition) is 5. The van der Waals surface area contributed by atoms with Crippen LogP contribution in [0.4, 0.5) is 5.82 Å². The van der Waals surface area contributed by atoms with Gasteiger partial charge in [0.1, 0.15) is 10.6 Å². The van der Waals surface area contributed by atoms with E-state index in [9.17, 15) is 9.59 Å². The van der Waals surface area contributed by atoms with Crippen molar-refractivity contribution in [2.75, 3.05) is 11.9 Å². The highest BCUT2D eigenvalue weighted by molar-refractivity contribution is 7.73. The van der Waals surface area contributed by atoms with E-state index in [2.05, 4.69) is 9.97 Å². The van der Waals surface area contributed by atoms with Crippen LogP contribution in [-0.2, 0) is 0 Å². The van der Waals surface area contributed by atoms with Crippen LogP contribution in [0.1, 0.15) is 20.7 Å². The number of nitrogens with zero attached hydrogens (tertiary/aromatic N) is 2. The number of amides is 1. The average Bonchev–Trinajstić information content (AvgIpc) is 2.92. The lowest BCUT2D eigenvalue weighted by molar-refractivity contribution is 0.0696. The van der Waals surface area contributed by atoms with Crippen molar-refractivity contribution in [3.05, 3.63) is 51.5 Å². The number of carboxylic acid groups (broad SMARTS) is 1. The highest BCUT2D eigenvalue weighted by Gasteiger charge is 2.16. The first-order valence-electron chi connectivity index (χ1n) is 6.57. The fourth-order valence-corrected chi connectivity index (χ4v) is 3.12. The van der Waals surface area contributed by atoms with Gasteiger partial charge in [-0.05, 0) is 48.6 Å². The summed E-state index contributed by atoms with van der Waals surface area (Å²) in [5.41, 5.74) is 1.35. The van der Waals surface area contributed by atoms with Crippen LogP contribution in [0.3, 0.4) is 0 Å². The maximum atomic E-state index is 12.5. The summed E-state index contributed by atoms with van der Waals surface area (Å²) >= 11 is 6.42. The van der Waals surface area contributed by atoms with Gasteiger partial charge in [0, 0.05) is 12.6 Å². The first-order chi connectivity index (χ1) is 11.0. The highest BCUT2D eigenvalue weighted by atomic mass is 32.1. The van der Waals surface area contributed by atoms with Crippen molar-refractivity contribution >= 4 is 51.6 Å². The minimum absolute atomic E-state index is 0.135. The van der Waals surface area contributed by atoms with Crippen LogP contribution in [0, 0.1) is 3.95 Å². The van der Waals surface area contributed by atoms with Gasteiger partial charge in [0.15, 0.2) is 3.95 Å². The molecule has 0 spiro atoms. The third kappa shape index (κ3) is 2.99. The molecule has 0 aliphatic carbocycles. The molecule has 0 saturated heterocycles. The van der Waals surface area contributed by atoms with Crippen LogP contribution >= 0.6 is 23.6 Å². The van der Waals surface area contributed by atoms with Crippen molar-refractivity contribution in [2.24, 2.45) is 0 Å². The second kappa shape index (κ2) is 5.90. The Labute approximate surface area is 140 Å². The van der Waals surface area contributed by atoms with Crippen LogP contribution in [0.5, 0.6) is 0 Å². The standard InChI is InChI=1S/C15H11N3O3S2/c1-18(11-7-6-10-12(17-11)23-15(22)16-10)13(19)8-2-4-9(5-3-8)14(20)21/h2-7H,1H3,(H,16,22)(H,20,21). The molecule has 6 nitrogen and oxygen atoms in total. The summed E-state index contributed by atoms with van der Waals surface area (Å²) < 4.78 is 0.628. The molecule has 1 aromatic carbocycles. The SMILES string of the molecule is CN(C(=O)c1ccc(C(=O)O)cc1)c1ccc2[nH]c(=S)sc2n1. The van der Waals surface area contributed by atoms with Gasteiger partial charge in [-0.3, -0.25) is 9.69 Å². The number of anilines is 1. The number of aromatic carboxylic acids is 1. The van der Waals surface area contributed by atoms with Crippen LogP contribution in [0.25, 0.3) is 10.3 Å². The van der Waals surface area contributed by atoms with E-state index in [0.717, 1.165) is 10.3 Å². The number of rotatable bonds is 3. The number of thiazole rings is 1. The molecule has 116 valence electrons. The van der Waals surface area contributed by atoms with E-state index in [-0.39, 0.29) is 11.5 Å². The lowest BCUT2D eigenvalue weighted by atomic mass is 10.1. The molecule has 3 rings (SSSR count). The fraction of sp³-hybridized carbons (Fsp3) is 0.0667. The summed E-state index contributed by atoms with van der Waals surface area (Å²) in [5.74, 6) is -0.805. The Morgan fingerprint density at radius 3 is 2.48 bits per heavy atom. The predicted molar refractivity (Wildman–Crippen MR) is 90.9 cm³/mol. The molecule has 23 heavy (non-hydrogen) atoms. The van der Waals surface area contributed by atoms with Crippen molar-refractivity contribution in [3.8, 4) is 0 Å². The molecule has 0 unspecified atom stereocenters. The van der Waals surface area contributed by atoms with Gasteiger partial charge in [0.2, 0.25) is 0 Å². The minimum Gasteiger partial charge on any atom is -0.478 e. The van der Waals surface area contributed by atoms with E-state index < -0.39 is 5.97 Å². The van der Waals surface area contributed by atoms with Crippen molar-refractivity contribution in [1.82, 2.24) is 9.97 Å². The molecule has 0 fully saturated rings. The van der Waals surface area contributed by atoms with Crippen molar-refractivity contribution < 1.29 is 14.7 Å².